The van der Waals surface area contributed by atoms with Gasteiger partial charge in [-0.05, 0) is 52.3 Å². The van der Waals surface area contributed by atoms with Gasteiger partial charge in [0, 0.05) is 17.8 Å². The lowest BCUT2D eigenvalue weighted by molar-refractivity contribution is -0.138. The molecular weight excluding hydrogens is 410 g/mol. The van der Waals surface area contributed by atoms with Crippen molar-refractivity contribution in [3.63, 3.8) is 0 Å². The number of alkyl carbamates (subject to hydrolysis) is 1. The number of ether oxygens (including phenoxy) is 1. The van der Waals surface area contributed by atoms with Gasteiger partial charge in [0.15, 0.2) is 0 Å². The highest BCUT2D eigenvalue weighted by Gasteiger charge is 2.32. The number of anilines is 1. The second-order valence-electron chi connectivity index (χ2n) is 8.30. The molecule has 0 spiro atoms. The molecule has 0 aliphatic carbocycles. The summed E-state index contributed by atoms with van der Waals surface area (Å²) < 4.78 is 5.17. The Morgan fingerprint density at radius 2 is 1.69 bits per heavy atom. The third-order valence-corrected chi connectivity index (χ3v) is 4.64. The first-order chi connectivity index (χ1) is 15.0. The number of amides is 3. The number of hydrogen-bond donors (Lipinski definition) is 3. The normalized spacial score (nSPS) is 11.9. The zero-order chi connectivity index (χ0) is 23.9. The minimum Gasteiger partial charge on any atom is -0.508 e. The molecule has 2 aromatic carbocycles. The first-order valence-electron chi connectivity index (χ1n) is 10.4. The monoisotopic (exact) mass is 441 g/mol. The van der Waals surface area contributed by atoms with E-state index in [0.717, 1.165) is 5.56 Å². The Morgan fingerprint density at radius 1 is 1.06 bits per heavy atom. The van der Waals surface area contributed by atoms with Crippen LogP contribution in [-0.4, -0.2) is 46.6 Å². The molecule has 8 heteroatoms. The number of carbonyl (C=O) groups is 3. The molecule has 0 radical (unpaired) electrons. The molecule has 3 amide bonds. The number of phenols is 1. The lowest BCUT2D eigenvalue weighted by Gasteiger charge is -2.31. The number of hydrogen-bond acceptors (Lipinski definition) is 5. The maximum absolute atomic E-state index is 13.3. The Bertz CT molecular complexity index is 968. The van der Waals surface area contributed by atoms with Gasteiger partial charge in [-0.1, -0.05) is 36.4 Å². The van der Waals surface area contributed by atoms with E-state index in [2.05, 4.69) is 10.6 Å². The Hall–Kier alpha value is -3.55. The fraction of sp³-hybridized carbons (Fsp3) is 0.375. The van der Waals surface area contributed by atoms with Crippen LogP contribution >= 0.6 is 0 Å². The van der Waals surface area contributed by atoms with Crippen LogP contribution in [0.2, 0.25) is 0 Å². The van der Waals surface area contributed by atoms with Crippen molar-refractivity contribution in [2.24, 2.45) is 0 Å². The average molecular weight is 442 g/mol. The molecule has 32 heavy (non-hydrogen) atoms. The van der Waals surface area contributed by atoms with Gasteiger partial charge in [0.1, 0.15) is 23.9 Å². The van der Waals surface area contributed by atoms with Crippen molar-refractivity contribution in [1.29, 1.82) is 0 Å². The van der Waals surface area contributed by atoms with Gasteiger partial charge in [-0.3, -0.25) is 9.59 Å². The summed E-state index contributed by atoms with van der Waals surface area (Å²) in [5.41, 5.74) is 1.04. The third-order valence-electron chi connectivity index (χ3n) is 4.64. The standard InChI is InChI=1S/C24H31N3O5/c1-6-27(20(29)15-25-23(31)32-24(3,4)5)21(17-12-8-10-14-19(17)28)22(30)26-18-13-9-7-11-16(18)2/h7-14,21,28H,6,15H2,1-5H3,(H,25,31)(H,26,30). The number of aryl methyl sites for hydroxylation is 1. The molecule has 1 atom stereocenters. The smallest absolute Gasteiger partial charge is 0.408 e. The van der Waals surface area contributed by atoms with Crippen LogP contribution in [0, 0.1) is 6.92 Å². The summed E-state index contributed by atoms with van der Waals surface area (Å²) >= 11 is 0. The molecule has 8 nitrogen and oxygen atoms in total. The SMILES string of the molecule is CCN(C(=O)CNC(=O)OC(C)(C)C)C(C(=O)Nc1ccccc1C)c1ccccc1O. The number of aromatic hydroxyl groups is 1. The van der Waals surface area contributed by atoms with Gasteiger partial charge in [-0.15, -0.1) is 0 Å². The number of likely N-dealkylation sites (N-methyl/N-ethyl adjacent to an activating group) is 1. The topological polar surface area (TPSA) is 108 Å². The van der Waals surface area contributed by atoms with Gasteiger partial charge >= 0.3 is 6.09 Å². The van der Waals surface area contributed by atoms with Gasteiger partial charge < -0.3 is 25.4 Å². The molecule has 2 aromatic rings. The van der Waals surface area contributed by atoms with Gasteiger partial charge in [0.25, 0.3) is 5.91 Å². The van der Waals surface area contributed by atoms with E-state index in [1.807, 2.05) is 19.1 Å². The predicted molar refractivity (Wildman–Crippen MR) is 122 cm³/mol. The third kappa shape index (κ3) is 6.73. The number of benzene rings is 2. The highest BCUT2D eigenvalue weighted by atomic mass is 16.6. The van der Waals surface area contributed by atoms with Gasteiger partial charge in [-0.2, -0.15) is 0 Å². The number of phenolic OH excluding ortho intramolecular Hbond substituents is 1. The molecule has 0 heterocycles. The minimum atomic E-state index is -1.10. The molecule has 1 unspecified atom stereocenters. The minimum absolute atomic E-state index is 0.108. The van der Waals surface area contributed by atoms with Crippen LogP contribution in [0.15, 0.2) is 48.5 Å². The number of para-hydroxylation sites is 2. The van der Waals surface area contributed by atoms with E-state index in [4.69, 9.17) is 4.74 Å². The van der Waals surface area contributed by atoms with Crippen molar-refractivity contribution in [2.45, 2.75) is 46.3 Å². The van der Waals surface area contributed by atoms with E-state index in [0.29, 0.717) is 5.69 Å². The number of rotatable bonds is 7. The summed E-state index contributed by atoms with van der Waals surface area (Å²) in [5.74, 6) is -1.08. The molecule has 172 valence electrons. The highest BCUT2D eigenvalue weighted by molar-refractivity contribution is 5.99. The largest absolute Gasteiger partial charge is 0.508 e. The van der Waals surface area contributed by atoms with Gasteiger partial charge in [0.2, 0.25) is 5.91 Å². The van der Waals surface area contributed by atoms with Crippen LogP contribution in [0.25, 0.3) is 0 Å². The molecule has 0 fully saturated rings. The van der Waals surface area contributed by atoms with Gasteiger partial charge in [0.05, 0.1) is 0 Å². The first-order valence-corrected chi connectivity index (χ1v) is 10.4. The van der Waals surface area contributed by atoms with Crippen LogP contribution in [0.5, 0.6) is 5.75 Å². The van der Waals surface area contributed by atoms with E-state index < -0.39 is 29.6 Å². The molecular formula is C24H31N3O5. The number of nitrogens with zero attached hydrogens (tertiary/aromatic N) is 1. The van der Waals surface area contributed by atoms with Crippen LogP contribution in [0.1, 0.15) is 44.9 Å². The molecule has 3 N–H and O–H groups in total. The summed E-state index contributed by atoms with van der Waals surface area (Å²) in [4.78, 5) is 39.6. The van der Waals surface area contributed by atoms with E-state index in [1.54, 1.807) is 58.0 Å². The Kier molecular flexibility index (Phi) is 8.23. The fourth-order valence-electron chi connectivity index (χ4n) is 3.15. The summed E-state index contributed by atoms with van der Waals surface area (Å²) in [6.45, 7) is 8.56. The Balaban J connectivity index is 2.29. The molecule has 0 saturated carbocycles. The van der Waals surface area contributed by atoms with Crippen LogP contribution in [0.4, 0.5) is 10.5 Å². The Morgan fingerprint density at radius 3 is 2.28 bits per heavy atom. The van der Waals surface area contributed by atoms with Crippen LogP contribution in [-0.2, 0) is 14.3 Å². The Labute approximate surface area is 188 Å². The maximum atomic E-state index is 13.3. The maximum Gasteiger partial charge on any atom is 0.408 e. The highest BCUT2D eigenvalue weighted by Crippen LogP contribution is 2.30. The predicted octanol–water partition coefficient (Wildman–Crippen LogP) is 3.75. The summed E-state index contributed by atoms with van der Waals surface area (Å²) in [5, 5.41) is 15.7. The fourth-order valence-corrected chi connectivity index (χ4v) is 3.15. The summed E-state index contributed by atoms with van der Waals surface area (Å²) in [7, 11) is 0. The van der Waals surface area contributed by atoms with E-state index in [1.165, 1.54) is 11.0 Å². The molecule has 0 bridgehead atoms. The van der Waals surface area contributed by atoms with Crippen LogP contribution < -0.4 is 10.6 Å². The molecule has 0 saturated heterocycles. The molecule has 0 aliphatic heterocycles. The van der Waals surface area contributed by atoms with E-state index >= 15 is 0 Å². The first kappa shape index (κ1) is 24.7. The second-order valence-corrected chi connectivity index (χ2v) is 8.30. The van der Waals surface area contributed by atoms with Crippen molar-refractivity contribution in [3.8, 4) is 5.75 Å². The average Bonchev–Trinajstić information content (AvgIpc) is 2.71. The zero-order valence-corrected chi connectivity index (χ0v) is 19.1. The van der Waals surface area contributed by atoms with E-state index in [-0.39, 0.29) is 24.4 Å². The quantitative estimate of drug-likeness (QED) is 0.606. The van der Waals surface area contributed by atoms with Crippen LogP contribution in [0.3, 0.4) is 0 Å². The number of nitrogens with one attached hydrogen (secondary N) is 2. The van der Waals surface area contributed by atoms with Crippen molar-refractivity contribution in [3.05, 3.63) is 59.7 Å². The van der Waals surface area contributed by atoms with Crippen molar-refractivity contribution in [1.82, 2.24) is 10.2 Å². The summed E-state index contributed by atoms with van der Waals surface area (Å²) in [6, 6.07) is 12.5. The lowest BCUT2D eigenvalue weighted by Crippen LogP contribution is -2.46. The van der Waals surface area contributed by atoms with Crippen molar-refractivity contribution in [2.75, 3.05) is 18.4 Å². The zero-order valence-electron chi connectivity index (χ0n) is 19.1. The van der Waals surface area contributed by atoms with Crippen molar-refractivity contribution >= 4 is 23.6 Å². The molecule has 2 rings (SSSR count). The number of carbonyl (C=O) groups excluding carboxylic acids is 3. The lowest BCUT2D eigenvalue weighted by atomic mass is 10.0. The van der Waals surface area contributed by atoms with Crippen molar-refractivity contribution < 1.29 is 24.2 Å². The van der Waals surface area contributed by atoms with E-state index in [9.17, 15) is 19.5 Å². The molecule has 0 aromatic heterocycles. The van der Waals surface area contributed by atoms with Gasteiger partial charge in [-0.25, -0.2) is 4.79 Å². The summed E-state index contributed by atoms with van der Waals surface area (Å²) in [6.07, 6.45) is -0.731. The second kappa shape index (κ2) is 10.7. The molecule has 0 aliphatic rings.